The van der Waals surface area contributed by atoms with E-state index >= 15 is 0 Å². The maximum atomic E-state index is 12.9. The molecule has 0 aliphatic carbocycles. The molecule has 5 rings (SSSR count). The van der Waals surface area contributed by atoms with Crippen molar-refractivity contribution < 1.29 is 19.5 Å². The van der Waals surface area contributed by atoms with E-state index in [1.54, 1.807) is 24.3 Å². The lowest BCUT2D eigenvalue weighted by atomic mass is 10.1. The van der Waals surface area contributed by atoms with Crippen LogP contribution >= 0.6 is 0 Å². The third-order valence-corrected chi connectivity index (χ3v) is 6.79. The maximum Gasteiger partial charge on any atom is 0.325 e. The Morgan fingerprint density at radius 1 is 1.00 bits per heavy atom. The molecule has 0 saturated carbocycles. The zero-order valence-corrected chi connectivity index (χ0v) is 21.2. The Labute approximate surface area is 220 Å². The molecule has 196 valence electrons. The molecule has 2 aliphatic heterocycles. The summed E-state index contributed by atoms with van der Waals surface area (Å²) in [7, 11) is 2.12. The van der Waals surface area contributed by atoms with Gasteiger partial charge in [0.15, 0.2) is 0 Å². The van der Waals surface area contributed by atoms with Crippen molar-refractivity contribution in [3.8, 4) is 0 Å². The molecule has 1 atom stereocenters. The number of aromatic nitrogens is 2. The van der Waals surface area contributed by atoms with Gasteiger partial charge < -0.3 is 25.5 Å². The number of hydrogen-bond donors (Lipinski definition) is 3. The highest BCUT2D eigenvalue weighted by Gasteiger charge is 2.35. The van der Waals surface area contributed by atoms with E-state index in [9.17, 15) is 19.5 Å². The number of likely N-dealkylation sites (N-methyl/N-ethyl adjacent to an activating group) is 1. The normalized spacial score (nSPS) is 16.4. The first-order valence-corrected chi connectivity index (χ1v) is 12.4. The Bertz CT molecular complexity index is 1340. The summed E-state index contributed by atoms with van der Waals surface area (Å²) in [6.07, 6.45) is 1.49. The van der Waals surface area contributed by atoms with Crippen LogP contribution in [0, 0.1) is 0 Å². The van der Waals surface area contributed by atoms with Crippen LogP contribution in [0.3, 0.4) is 0 Å². The fourth-order valence-corrected chi connectivity index (χ4v) is 4.48. The van der Waals surface area contributed by atoms with Crippen LogP contribution in [-0.4, -0.2) is 81.9 Å². The van der Waals surface area contributed by atoms with Gasteiger partial charge >= 0.3 is 5.97 Å². The quantitative estimate of drug-likeness (QED) is 0.385. The highest BCUT2D eigenvalue weighted by atomic mass is 16.4. The molecule has 2 amide bonds. The molecule has 0 spiro atoms. The molecule has 3 aromatic rings. The van der Waals surface area contributed by atoms with Crippen LogP contribution in [0.1, 0.15) is 33.2 Å². The number of piperazine rings is 1. The van der Waals surface area contributed by atoms with E-state index in [1.165, 1.54) is 13.1 Å². The molecular weight excluding hydrogens is 486 g/mol. The van der Waals surface area contributed by atoms with Crippen LogP contribution in [0.4, 0.5) is 23.1 Å². The highest BCUT2D eigenvalue weighted by Crippen LogP contribution is 2.27. The lowest BCUT2D eigenvalue weighted by molar-refractivity contribution is -0.137. The summed E-state index contributed by atoms with van der Waals surface area (Å²) in [6, 6.07) is 13.6. The molecule has 11 heteroatoms. The molecule has 2 aliphatic rings. The fraction of sp³-hybridized carbons (Fsp3) is 0.296. The number of hydrogen-bond acceptors (Lipinski definition) is 9. The van der Waals surface area contributed by atoms with E-state index in [1.807, 2.05) is 24.3 Å². The summed E-state index contributed by atoms with van der Waals surface area (Å²) in [6.45, 7) is 5.37. The van der Waals surface area contributed by atoms with Gasteiger partial charge in [-0.25, -0.2) is 4.98 Å². The second-order valence-corrected chi connectivity index (χ2v) is 9.48. The van der Waals surface area contributed by atoms with Crippen molar-refractivity contribution in [2.45, 2.75) is 19.5 Å². The Morgan fingerprint density at radius 3 is 2.24 bits per heavy atom. The molecule has 3 heterocycles. The number of carbonyl (C=O) groups excluding carboxylic acids is 2. The van der Waals surface area contributed by atoms with Gasteiger partial charge in [-0.1, -0.05) is 12.1 Å². The number of amides is 2. The van der Waals surface area contributed by atoms with Gasteiger partial charge in [-0.2, -0.15) is 4.98 Å². The van der Waals surface area contributed by atoms with Gasteiger partial charge in [0, 0.05) is 49.3 Å². The van der Waals surface area contributed by atoms with Crippen molar-refractivity contribution in [2.75, 3.05) is 48.8 Å². The van der Waals surface area contributed by atoms with E-state index in [2.05, 4.69) is 37.4 Å². The predicted molar refractivity (Wildman–Crippen MR) is 143 cm³/mol. The van der Waals surface area contributed by atoms with Gasteiger partial charge in [0.1, 0.15) is 11.9 Å². The minimum atomic E-state index is -1.07. The van der Waals surface area contributed by atoms with Gasteiger partial charge in [-0.15, -0.1) is 0 Å². The maximum absolute atomic E-state index is 12.9. The molecule has 1 fully saturated rings. The minimum Gasteiger partial charge on any atom is -0.480 e. The summed E-state index contributed by atoms with van der Waals surface area (Å²) in [5, 5.41) is 15.4. The van der Waals surface area contributed by atoms with Crippen molar-refractivity contribution in [1.29, 1.82) is 0 Å². The number of carbonyl (C=O) groups is 3. The molecule has 0 radical (unpaired) electrons. The third-order valence-electron chi connectivity index (χ3n) is 6.79. The number of aliphatic carboxylic acids is 1. The number of fused-ring (bicyclic) bond motifs is 1. The monoisotopic (exact) mass is 515 g/mol. The highest BCUT2D eigenvalue weighted by molar-refractivity contribution is 6.21. The Morgan fingerprint density at radius 2 is 1.63 bits per heavy atom. The largest absolute Gasteiger partial charge is 0.480 e. The van der Waals surface area contributed by atoms with Crippen LogP contribution in [0.5, 0.6) is 0 Å². The Kier molecular flexibility index (Phi) is 6.93. The Hall–Kier alpha value is -4.51. The third kappa shape index (κ3) is 5.14. The second kappa shape index (κ2) is 10.5. The zero-order chi connectivity index (χ0) is 26.8. The summed E-state index contributed by atoms with van der Waals surface area (Å²) >= 11 is 0. The number of imide groups is 1. The van der Waals surface area contributed by atoms with E-state index in [-0.39, 0.29) is 18.3 Å². The topological polar surface area (TPSA) is 131 Å². The average Bonchev–Trinajstić information content (AvgIpc) is 3.16. The lowest BCUT2D eigenvalue weighted by Crippen LogP contribution is -2.44. The van der Waals surface area contributed by atoms with Gasteiger partial charge in [0.05, 0.1) is 17.7 Å². The number of nitrogens with zero attached hydrogens (tertiary/aromatic N) is 5. The van der Waals surface area contributed by atoms with Crippen LogP contribution in [0.2, 0.25) is 0 Å². The molecule has 0 bridgehead atoms. The molecule has 1 unspecified atom stereocenters. The van der Waals surface area contributed by atoms with Crippen molar-refractivity contribution in [2.24, 2.45) is 0 Å². The van der Waals surface area contributed by atoms with Crippen LogP contribution in [0.15, 0.2) is 54.7 Å². The van der Waals surface area contributed by atoms with E-state index in [0.717, 1.165) is 42.5 Å². The van der Waals surface area contributed by atoms with Gasteiger partial charge in [0.25, 0.3) is 11.8 Å². The molecule has 38 heavy (non-hydrogen) atoms. The van der Waals surface area contributed by atoms with Crippen molar-refractivity contribution >= 4 is 40.9 Å². The SMILES string of the molecule is CC(Nc1nc(Nc2ccc(N3CCN(C)CC3)cc2)ncc1CN1C(=O)c2ccccc2C1=O)C(=O)O. The van der Waals surface area contributed by atoms with Crippen LogP contribution in [0.25, 0.3) is 0 Å². The number of carboxylic acid groups (broad SMARTS) is 1. The van der Waals surface area contributed by atoms with E-state index in [4.69, 9.17) is 0 Å². The van der Waals surface area contributed by atoms with Crippen LogP contribution in [-0.2, 0) is 11.3 Å². The van der Waals surface area contributed by atoms with E-state index < -0.39 is 23.8 Å². The first kappa shape index (κ1) is 25.2. The number of rotatable bonds is 8. The average molecular weight is 516 g/mol. The lowest BCUT2D eigenvalue weighted by Gasteiger charge is -2.34. The zero-order valence-electron chi connectivity index (χ0n) is 21.2. The molecule has 2 aromatic carbocycles. The van der Waals surface area contributed by atoms with Gasteiger partial charge in [0.2, 0.25) is 5.95 Å². The summed E-state index contributed by atoms with van der Waals surface area (Å²) in [5.41, 5.74) is 3.01. The predicted octanol–water partition coefficient (Wildman–Crippen LogP) is 2.65. The van der Waals surface area contributed by atoms with Gasteiger partial charge in [-0.3, -0.25) is 19.3 Å². The molecule has 3 N–H and O–H groups in total. The van der Waals surface area contributed by atoms with Gasteiger partial charge in [-0.05, 0) is 50.4 Å². The number of benzene rings is 2. The smallest absolute Gasteiger partial charge is 0.325 e. The number of anilines is 4. The summed E-state index contributed by atoms with van der Waals surface area (Å²) in [4.78, 5) is 51.8. The minimum absolute atomic E-state index is 0.0962. The fourth-order valence-electron chi connectivity index (χ4n) is 4.48. The first-order chi connectivity index (χ1) is 18.3. The molecule has 1 saturated heterocycles. The standard InChI is InChI=1S/C27H29N7O4/c1-17(26(37)38)29-23-18(16-34-24(35)21-5-3-4-6-22(21)25(34)36)15-28-27(31-23)30-19-7-9-20(10-8-19)33-13-11-32(2)12-14-33/h3-10,15,17H,11-14,16H2,1-2H3,(H,37,38)(H2,28,29,30,31). The second-order valence-electron chi connectivity index (χ2n) is 9.48. The first-order valence-electron chi connectivity index (χ1n) is 12.4. The van der Waals surface area contributed by atoms with Crippen molar-refractivity contribution in [3.63, 3.8) is 0 Å². The molecule has 11 nitrogen and oxygen atoms in total. The summed E-state index contributed by atoms with van der Waals surface area (Å²) in [5.74, 6) is -1.41. The number of nitrogens with one attached hydrogen (secondary N) is 2. The Balaban J connectivity index is 1.35. The van der Waals surface area contributed by atoms with E-state index in [0.29, 0.717) is 16.7 Å². The number of carboxylic acids is 1. The summed E-state index contributed by atoms with van der Waals surface area (Å²) < 4.78 is 0. The molecule has 1 aromatic heterocycles. The molecular formula is C27H29N7O4. The van der Waals surface area contributed by atoms with Crippen molar-refractivity contribution in [1.82, 2.24) is 19.8 Å². The van der Waals surface area contributed by atoms with Crippen molar-refractivity contribution in [3.05, 3.63) is 71.4 Å². The van der Waals surface area contributed by atoms with Crippen LogP contribution < -0.4 is 15.5 Å².